The second kappa shape index (κ2) is 4.32. The third-order valence-corrected chi connectivity index (χ3v) is 3.34. The summed E-state index contributed by atoms with van der Waals surface area (Å²) in [4.78, 5) is 4.84. The molecule has 0 unspecified atom stereocenters. The molecule has 1 aromatic carbocycles. The van der Waals surface area contributed by atoms with Crippen LogP contribution in [-0.4, -0.2) is 9.97 Å². The zero-order chi connectivity index (χ0) is 13.5. The number of rotatable bonds is 1. The van der Waals surface area contributed by atoms with Crippen LogP contribution in [0.5, 0.6) is 0 Å². The summed E-state index contributed by atoms with van der Waals surface area (Å²) in [6, 6.07) is 8.33. The zero-order valence-corrected chi connectivity index (χ0v) is 12.1. The highest BCUT2D eigenvalue weighted by Gasteiger charge is 2.15. The largest absolute Gasteiger partial charge is 0.388 e. The third-order valence-electron chi connectivity index (χ3n) is 3.13. The van der Waals surface area contributed by atoms with E-state index in [9.17, 15) is 0 Å². The van der Waals surface area contributed by atoms with Gasteiger partial charge >= 0.3 is 0 Å². The maximum atomic E-state index is 5.64. The third kappa shape index (κ3) is 2.36. The van der Waals surface area contributed by atoms with Gasteiger partial charge < -0.3 is 5.73 Å². The molecule has 2 rings (SSSR count). The van der Waals surface area contributed by atoms with Gasteiger partial charge in [0.1, 0.15) is 4.99 Å². The first-order chi connectivity index (χ1) is 8.29. The lowest BCUT2D eigenvalue weighted by Gasteiger charge is -2.19. The van der Waals surface area contributed by atoms with Crippen molar-refractivity contribution in [2.45, 2.75) is 33.1 Å². The van der Waals surface area contributed by atoms with Gasteiger partial charge in [-0.05, 0) is 41.7 Å². The van der Waals surface area contributed by atoms with Gasteiger partial charge in [-0.25, -0.2) is 4.98 Å². The molecule has 2 N–H and O–H groups in total. The molecule has 0 saturated heterocycles. The molecular weight excluding hydrogens is 240 g/mol. The number of nitrogens with zero attached hydrogens (tertiary/aromatic N) is 1. The van der Waals surface area contributed by atoms with Crippen LogP contribution in [-0.2, 0) is 5.41 Å². The van der Waals surface area contributed by atoms with Crippen LogP contribution in [0.3, 0.4) is 0 Å². The van der Waals surface area contributed by atoms with Gasteiger partial charge in [0, 0.05) is 5.39 Å². The van der Waals surface area contributed by atoms with Crippen molar-refractivity contribution in [2.24, 2.45) is 5.73 Å². The molecule has 2 aromatic rings. The Labute approximate surface area is 113 Å². The van der Waals surface area contributed by atoms with Gasteiger partial charge in [-0.1, -0.05) is 39.1 Å². The molecule has 0 aliphatic heterocycles. The van der Waals surface area contributed by atoms with Gasteiger partial charge in [0.25, 0.3) is 0 Å². The summed E-state index contributed by atoms with van der Waals surface area (Å²) in [6.45, 7) is 8.69. The molecule has 0 amide bonds. The molecule has 0 aliphatic rings. The lowest BCUT2D eigenvalue weighted by Crippen LogP contribution is -2.13. The van der Waals surface area contributed by atoms with E-state index < -0.39 is 0 Å². The predicted molar refractivity (Wildman–Crippen MR) is 81.1 cm³/mol. The summed E-state index contributed by atoms with van der Waals surface area (Å²) in [5.74, 6) is 0. The van der Waals surface area contributed by atoms with E-state index in [2.05, 4.69) is 44.8 Å². The lowest BCUT2D eigenvalue weighted by molar-refractivity contribution is 0.591. The summed E-state index contributed by atoms with van der Waals surface area (Å²) in [5.41, 5.74) is 9.90. The molecule has 0 radical (unpaired) electrons. The van der Waals surface area contributed by atoms with Gasteiger partial charge in [0.05, 0.1) is 11.2 Å². The molecule has 0 bridgehead atoms. The van der Waals surface area contributed by atoms with E-state index in [-0.39, 0.29) is 5.41 Å². The van der Waals surface area contributed by atoms with E-state index in [1.165, 1.54) is 10.9 Å². The van der Waals surface area contributed by atoms with Crippen molar-refractivity contribution >= 4 is 28.1 Å². The SMILES string of the molecule is Cc1cc(C(N)=S)nc2ccc(C(C)(C)C)cc12. The topological polar surface area (TPSA) is 38.9 Å². The molecule has 1 aromatic heterocycles. The first kappa shape index (κ1) is 13.0. The number of nitrogens with two attached hydrogens (primary N) is 1. The first-order valence-corrected chi connectivity index (χ1v) is 6.41. The van der Waals surface area contributed by atoms with Crippen molar-refractivity contribution in [3.05, 3.63) is 41.1 Å². The normalized spacial score (nSPS) is 11.8. The molecule has 0 aliphatic carbocycles. The number of hydrogen-bond acceptors (Lipinski definition) is 2. The molecule has 0 spiro atoms. The van der Waals surface area contributed by atoms with E-state index in [1.54, 1.807) is 0 Å². The van der Waals surface area contributed by atoms with Crippen LogP contribution in [0.1, 0.15) is 37.6 Å². The van der Waals surface area contributed by atoms with Gasteiger partial charge in [0.15, 0.2) is 0 Å². The van der Waals surface area contributed by atoms with Crippen LogP contribution in [0, 0.1) is 6.92 Å². The number of benzene rings is 1. The quantitative estimate of drug-likeness (QED) is 0.796. The van der Waals surface area contributed by atoms with Crippen LogP contribution < -0.4 is 5.73 Å². The van der Waals surface area contributed by atoms with Crippen molar-refractivity contribution in [3.8, 4) is 0 Å². The number of aromatic nitrogens is 1. The van der Waals surface area contributed by atoms with Crippen LogP contribution in [0.2, 0.25) is 0 Å². The molecule has 0 fully saturated rings. The Morgan fingerprint density at radius 1 is 1.22 bits per heavy atom. The van der Waals surface area contributed by atoms with Gasteiger partial charge in [0.2, 0.25) is 0 Å². The highest BCUT2D eigenvalue weighted by Crippen LogP contribution is 2.27. The predicted octanol–water partition coefficient (Wildman–Crippen LogP) is 3.47. The Morgan fingerprint density at radius 3 is 2.44 bits per heavy atom. The smallest absolute Gasteiger partial charge is 0.122 e. The Kier molecular flexibility index (Phi) is 3.11. The fraction of sp³-hybridized carbons (Fsp3) is 0.333. The fourth-order valence-electron chi connectivity index (χ4n) is 1.99. The van der Waals surface area contributed by atoms with Crippen LogP contribution in [0.15, 0.2) is 24.3 Å². The van der Waals surface area contributed by atoms with Gasteiger partial charge in [-0.15, -0.1) is 0 Å². The van der Waals surface area contributed by atoms with E-state index in [4.69, 9.17) is 18.0 Å². The molecule has 1 heterocycles. The van der Waals surface area contributed by atoms with Crippen molar-refractivity contribution in [3.63, 3.8) is 0 Å². The fourth-order valence-corrected chi connectivity index (χ4v) is 2.09. The average molecular weight is 258 g/mol. The molecule has 0 saturated carbocycles. The number of fused-ring (bicyclic) bond motifs is 1. The summed E-state index contributed by atoms with van der Waals surface area (Å²) in [7, 11) is 0. The van der Waals surface area contributed by atoms with E-state index in [0.29, 0.717) is 10.7 Å². The molecule has 0 atom stereocenters. The van der Waals surface area contributed by atoms with Crippen LogP contribution in [0.4, 0.5) is 0 Å². The van der Waals surface area contributed by atoms with Crippen molar-refractivity contribution < 1.29 is 0 Å². The van der Waals surface area contributed by atoms with Gasteiger partial charge in [-0.3, -0.25) is 0 Å². The maximum absolute atomic E-state index is 5.64. The molecule has 3 heteroatoms. The van der Waals surface area contributed by atoms with Crippen LogP contribution >= 0.6 is 12.2 Å². The van der Waals surface area contributed by atoms with E-state index in [1.807, 2.05) is 12.1 Å². The average Bonchev–Trinajstić information content (AvgIpc) is 2.27. The second-order valence-corrected chi connectivity index (χ2v) is 6.11. The summed E-state index contributed by atoms with van der Waals surface area (Å²) in [5, 5.41) is 1.17. The van der Waals surface area contributed by atoms with Crippen molar-refractivity contribution in [2.75, 3.05) is 0 Å². The Balaban J connectivity index is 2.69. The number of pyridine rings is 1. The molecular formula is C15H18N2S. The van der Waals surface area contributed by atoms with Crippen molar-refractivity contribution in [1.29, 1.82) is 0 Å². The Hall–Kier alpha value is -1.48. The minimum absolute atomic E-state index is 0.141. The number of thiocarbonyl (C=S) groups is 1. The molecule has 18 heavy (non-hydrogen) atoms. The van der Waals surface area contributed by atoms with Crippen LogP contribution in [0.25, 0.3) is 10.9 Å². The number of hydrogen-bond donors (Lipinski definition) is 1. The monoisotopic (exact) mass is 258 g/mol. The second-order valence-electron chi connectivity index (χ2n) is 5.67. The van der Waals surface area contributed by atoms with E-state index in [0.717, 1.165) is 11.1 Å². The minimum Gasteiger partial charge on any atom is -0.388 e. The van der Waals surface area contributed by atoms with Crippen molar-refractivity contribution in [1.82, 2.24) is 4.98 Å². The minimum atomic E-state index is 0.141. The number of aryl methyl sites for hydroxylation is 1. The summed E-state index contributed by atoms with van der Waals surface area (Å²) >= 11 is 4.98. The van der Waals surface area contributed by atoms with Gasteiger partial charge in [-0.2, -0.15) is 0 Å². The highest BCUT2D eigenvalue weighted by atomic mass is 32.1. The molecule has 94 valence electrons. The summed E-state index contributed by atoms with van der Waals surface area (Å²) in [6.07, 6.45) is 0. The standard InChI is InChI=1S/C15H18N2S/c1-9-7-13(14(16)18)17-12-6-5-10(8-11(9)12)15(2,3)4/h5-8H,1-4H3,(H2,16,18). The highest BCUT2D eigenvalue weighted by molar-refractivity contribution is 7.80. The lowest BCUT2D eigenvalue weighted by atomic mass is 9.86. The summed E-state index contributed by atoms with van der Waals surface area (Å²) < 4.78 is 0. The van der Waals surface area contributed by atoms with E-state index >= 15 is 0 Å². The first-order valence-electron chi connectivity index (χ1n) is 6.01. The zero-order valence-electron chi connectivity index (χ0n) is 11.2. The molecule has 2 nitrogen and oxygen atoms in total. The Bertz CT molecular complexity index is 624. The Morgan fingerprint density at radius 2 is 1.89 bits per heavy atom. The maximum Gasteiger partial charge on any atom is 0.122 e.